The molecule has 4 aromatic rings. The zero-order valence-electron chi connectivity index (χ0n) is 20.0. The third kappa shape index (κ3) is 6.48. The lowest BCUT2D eigenvalue weighted by Crippen LogP contribution is -2.29. The molecule has 0 aliphatic carbocycles. The molecule has 0 bridgehead atoms. The second kappa shape index (κ2) is 11.6. The molecule has 0 aliphatic rings. The first-order chi connectivity index (χ1) is 18.9. The molecule has 0 spiro atoms. The highest BCUT2D eigenvalue weighted by Gasteiger charge is 2.23. The molecule has 4 rings (SSSR count). The number of anilines is 3. The first kappa shape index (κ1) is 28.4. The van der Waals surface area contributed by atoms with Gasteiger partial charge in [-0.2, -0.15) is 0 Å². The molecule has 40 heavy (non-hydrogen) atoms. The van der Waals surface area contributed by atoms with Crippen LogP contribution in [0.25, 0.3) is 11.3 Å². The summed E-state index contributed by atoms with van der Waals surface area (Å²) in [5, 5.41) is 40.8. The van der Waals surface area contributed by atoms with E-state index in [1.807, 2.05) is 4.72 Å². The fourth-order valence-electron chi connectivity index (χ4n) is 3.48. The Labute approximate surface area is 236 Å². The summed E-state index contributed by atoms with van der Waals surface area (Å²) in [6.07, 6.45) is 0. The highest BCUT2D eigenvalue weighted by molar-refractivity contribution is 7.92. The van der Waals surface area contributed by atoms with Crippen LogP contribution in [-0.2, 0) is 14.8 Å². The molecule has 0 aliphatic heterocycles. The summed E-state index contributed by atoms with van der Waals surface area (Å²) in [5.41, 5.74) is -0.473. The van der Waals surface area contributed by atoms with Crippen LogP contribution in [0.4, 0.5) is 16.5 Å². The average Bonchev–Trinajstić information content (AvgIpc) is 3.36. The molecule has 0 atom stereocenters. The predicted molar refractivity (Wildman–Crippen MR) is 144 cm³/mol. The molecule has 0 unspecified atom stereocenters. The van der Waals surface area contributed by atoms with Crippen LogP contribution in [0, 0.1) is 0 Å². The Morgan fingerprint density at radius 2 is 1.75 bits per heavy atom. The van der Waals surface area contributed by atoms with Gasteiger partial charge in [0.25, 0.3) is 10.0 Å². The van der Waals surface area contributed by atoms with Gasteiger partial charge in [-0.05, 0) is 36.4 Å². The summed E-state index contributed by atoms with van der Waals surface area (Å²) >= 11 is 7.05. The van der Waals surface area contributed by atoms with E-state index < -0.39 is 56.3 Å². The van der Waals surface area contributed by atoms with E-state index in [2.05, 4.69) is 15.6 Å². The molecule has 0 radical (unpaired) electrons. The van der Waals surface area contributed by atoms with Crippen molar-refractivity contribution in [2.24, 2.45) is 0 Å². The van der Waals surface area contributed by atoms with Crippen molar-refractivity contribution in [1.29, 1.82) is 0 Å². The Bertz CT molecular complexity index is 1720. The van der Waals surface area contributed by atoms with Gasteiger partial charge < -0.3 is 30.7 Å². The lowest BCUT2D eigenvalue weighted by molar-refractivity contribution is -0.267. The number of amides is 1. The molecule has 0 fully saturated rings. The largest absolute Gasteiger partial charge is 0.871 e. The fraction of sp³-hybridized carbons (Fsp3) is 0.0400. The van der Waals surface area contributed by atoms with Gasteiger partial charge in [0.05, 0.1) is 28.7 Å². The number of aromatic nitrogens is 1. The summed E-state index contributed by atoms with van der Waals surface area (Å²) < 4.78 is 27.9. The van der Waals surface area contributed by atoms with Gasteiger partial charge in [-0.25, -0.2) is 18.2 Å². The number of nitrogens with zero attached hydrogens (tertiary/aromatic N) is 1. The second-order valence-electron chi connectivity index (χ2n) is 8.03. The SMILES string of the molecule is O=C(CNc1cccc(S(=O)(=O)Nc2ccc(C(=O)O)cc2[O-])c1C(=O)[O-])Nc1nc(-c2ccc(Cl)cc2)cs1. The molecule has 4 N–H and O–H groups in total. The van der Waals surface area contributed by atoms with E-state index in [0.717, 1.165) is 41.2 Å². The Morgan fingerprint density at radius 3 is 2.40 bits per heavy atom. The maximum atomic E-state index is 13.0. The number of carbonyl (C=O) groups is 3. The van der Waals surface area contributed by atoms with Crippen molar-refractivity contribution in [3.05, 3.63) is 82.2 Å². The topological polar surface area (TPSA) is 201 Å². The molecule has 206 valence electrons. The Morgan fingerprint density at radius 1 is 1.02 bits per heavy atom. The number of sulfonamides is 1. The van der Waals surface area contributed by atoms with Crippen LogP contribution in [-0.4, -0.2) is 42.9 Å². The lowest BCUT2D eigenvalue weighted by atomic mass is 10.1. The van der Waals surface area contributed by atoms with Crippen LogP contribution < -0.4 is 25.6 Å². The Balaban J connectivity index is 1.49. The number of halogens is 1. The third-order valence-corrected chi connectivity index (χ3v) is 7.74. The molecule has 1 aromatic heterocycles. The van der Waals surface area contributed by atoms with Crippen molar-refractivity contribution in [3.8, 4) is 17.0 Å². The molecule has 1 heterocycles. The minimum atomic E-state index is -4.66. The van der Waals surface area contributed by atoms with Gasteiger partial charge in [-0.15, -0.1) is 11.3 Å². The zero-order chi connectivity index (χ0) is 29.0. The molecular formula is C25H17ClN4O8S2-2. The van der Waals surface area contributed by atoms with E-state index in [1.165, 1.54) is 12.1 Å². The van der Waals surface area contributed by atoms with Crippen LogP contribution in [0.2, 0.25) is 5.02 Å². The lowest BCUT2D eigenvalue weighted by Gasteiger charge is -2.20. The average molecular weight is 601 g/mol. The van der Waals surface area contributed by atoms with Crippen LogP contribution >= 0.6 is 22.9 Å². The van der Waals surface area contributed by atoms with E-state index in [0.29, 0.717) is 10.7 Å². The van der Waals surface area contributed by atoms with Gasteiger partial charge in [-0.1, -0.05) is 41.6 Å². The summed E-state index contributed by atoms with van der Waals surface area (Å²) in [4.78, 5) is 39.0. The number of aromatic carboxylic acids is 2. The summed E-state index contributed by atoms with van der Waals surface area (Å²) in [6, 6.07) is 13.1. The highest BCUT2D eigenvalue weighted by Crippen LogP contribution is 2.29. The number of thiazole rings is 1. The Kier molecular flexibility index (Phi) is 8.23. The normalized spacial score (nSPS) is 11.0. The minimum Gasteiger partial charge on any atom is -0.871 e. The molecule has 15 heteroatoms. The molecule has 1 amide bonds. The minimum absolute atomic E-state index is 0.234. The van der Waals surface area contributed by atoms with E-state index in [1.54, 1.807) is 29.6 Å². The van der Waals surface area contributed by atoms with Gasteiger partial charge in [0.2, 0.25) is 5.91 Å². The first-order valence-electron chi connectivity index (χ1n) is 11.1. The number of carboxylic acids is 2. The van der Waals surface area contributed by atoms with Crippen molar-refractivity contribution in [1.82, 2.24) is 4.98 Å². The van der Waals surface area contributed by atoms with Crippen molar-refractivity contribution in [2.75, 3.05) is 21.9 Å². The number of carbonyl (C=O) groups excluding carboxylic acids is 2. The van der Waals surface area contributed by atoms with Crippen molar-refractivity contribution in [3.63, 3.8) is 0 Å². The monoisotopic (exact) mass is 600 g/mol. The first-order valence-corrected chi connectivity index (χ1v) is 13.9. The Hall–Kier alpha value is -4.66. The molecule has 0 saturated heterocycles. The predicted octanol–water partition coefficient (Wildman–Crippen LogP) is 2.45. The summed E-state index contributed by atoms with van der Waals surface area (Å²) in [5.74, 6) is -4.78. The van der Waals surface area contributed by atoms with Gasteiger partial charge in [0, 0.05) is 32.9 Å². The zero-order valence-corrected chi connectivity index (χ0v) is 22.4. The number of carboxylic acid groups (broad SMARTS) is 2. The molecule has 3 aromatic carbocycles. The van der Waals surface area contributed by atoms with Crippen molar-refractivity contribution in [2.45, 2.75) is 4.90 Å². The smallest absolute Gasteiger partial charge is 0.335 e. The van der Waals surface area contributed by atoms with Gasteiger partial charge in [0.1, 0.15) is 0 Å². The van der Waals surface area contributed by atoms with Crippen LogP contribution in [0.15, 0.2) is 70.9 Å². The molecule has 12 nitrogen and oxygen atoms in total. The second-order valence-corrected chi connectivity index (χ2v) is 11.0. The molecule has 0 saturated carbocycles. The fourth-order valence-corrected chi connectivity index (χ4v) is 5.63. The van der Waals surface area contributed by atoms with Gasteiger partial charge in [0.15, 0.2) is 5.13 Å². The van der Waals surface area contributed by atoms with Crippen molar-refractivity contribution < 1.29 is 38.1 Å². The maximum Gasteiger partial charge on any atom is 0.335 e. The van der Waals surface area contributed by atoms with Crippen molar-refractivity contribution >= 4 is 67.3 Å². The standard InChI is InChI=1S/C25H19ClN4O8S2/c26-15-7-4-13(5-8-15)18-12-39-25(28-18)29-21(32)11-27-17-2-1-3-20(22(17)24(35)36)40(37,38)30-16-9-6-14(23(33)34)10-19(16)31/h1-10,12,27,30-31H,11H2,(H,33,34)(H,35,36)(H,28,29,32)/p-2. The number of benzene rings is 3. The number of hydrogen-bond acceptors (Lipinski definition) is 10. The van der Waals surface area contributed by atoms with Crippen LogP contribution in [0.1, 0.15) is 20.7 Å². The summed E-state index contributed by atoms with van der Waals surface area (Å²) in [7, 11) is -4.66. The molecular weight excluding hydrogens is 584 g/mol. The highest BCUT2D eigenvalue weighted by atomic mass is 35.5. The van der Waals surface area contributed by atoms with E-state index in [-0.39, 0.29) is 16.4 Å². The number of nitrogens with one attached hydrogen (secondary N) is 3. The summed E-state index contributed by atoms with van der Waals surface area (Å²) in [6.45, 7) is -0.450. The quantitative estimate of drug-likeness (QED) is 0.209. The van der Waals surface area contributed by atoms with Crippen LogP contribution in [0.3, 0.4) is 0 Å². The number of hydrogen-bond donors (Lipinski definition) is 4. The van der Waals surface area contributed by atoms with E-state index >= 15 is 0 Å². The van der Waals surface area contributed by atoms with E-state index in [9.17, 15) is 33.0 Å². The van der Waals surface area contributed by atoms with Crippen LogP contribution in [0.5, 0.6) is 5.75 Å². The number of rotatable bonds is 10. The van der Waals surface area contributed by atoms with Gasteiger partial charge in [-0.3, -0.25) is 9.52 Å². The van der Waals surface area contributed by atoms with Gasteiger partial charge >= 0.3 is 5.97 Å². The third-order valence-electron chi connectivity index (χ3n) is 5.32. The maximum absolute atomic E-state index is 13.0. The van der Waals surface area contributed by atoms with E-state index in [4.69, 9.17) is 16.7 Å².